The molecule has 1 fully saturated rings. The van der Waals surface area contributed by atoms with Gasteiger partial charge in [0, 0.05) is 31.9 Å². The van der Waals surface area contributed by atoms with Crippen LogP contribution in [-0.4, -0.2) is 55.0 Å². The Morgan fingerprint density at radius 2 is 1.64 bits per heavy atom. The van der Waals surface area contributed by atoms with Crippen molar-refractivity contribution in [2.45, 2.75) is 26.7 Å². The normalized spacial score (nSPS) is 16.4. The minimum atomic E-state index is 0. The quantitative estimate of drug-likeness (QED) is 0.904. The van der Waals surface area contributed by atoms with Crippen LogP contribution in [-0.2, 0) is 4.79 Å². The Morgan fingerprint density at radius 3 is 2.14 bits per heavy atom. The summed E-state index contributed by atoms with van der Waals surface area (Å²) in [7, 11) is 0. The number of rotatable bonds is 5. The molecule has 124 valence electrons. The van der Waals surface area contributed by atoms with Crippen molar-refractivity contribution in [3.05, 3.63) is 29.8 Å². The number of hydrogen-bond donors (Lipinski definition) is 1. The van der Waals surface area contributed by atoms with E-state index in [0.717, 1.165) is 38.4 Å². The molecule has 1 aromatic rings. The lowest BCUT2D eigenvalue weighted by Gasteiger charge is -2.33. The lowest BCUT2D eigenvalue weighted by molar-refractivity contribution is -0.117. The second-order valence-electron chi connectivity index (χ2n) is 6.04. The van der Waals surface area contributed by atoms with Crippen LogP contribution in [0.5, 0.6) is 0 Å². The maximum Gasteiger partial charge on any atom is 0.238 e. The van der Waals surface area contributed by atoms with Gasteiger partial charge in [-0.3, -0.25) is 9.69 Å². The van der Waals surface area contributed by atoms with E-state index >= 15 is 0 Å². The molecule has 1 saturated heterocycles. The summed E-state index contributed by atoms with van der Waals surface area (Å²) >= 11 is 0. The average molecular weight is 326 g/mol. The largest absolute Gasteiger partial charge is 0.325 e. The number of carbonyl (C=O) groups excluding carboxylic acids is 1. The lowest BCUT2D eigenvalue weighted by atomic mass is 10.0. The summed E-state index contributed by atoms with van der Waals surface area (Å²) in [6.07, 6.45) is 0. The van der Waals surface area contributed by atoms with Crippen LogP contribution < -0.4 is 5.32 Å². The zero-order chi connectivity index (χ0) is 15.2. The van der Waals surface area contributed by atoms with Gasteiger partial charge < -0.3 is 10.2 Å². The Bertz CT molecular complexity index is 453. The standard InChI is InChI=1S/C17H27N3O.ClH/c1-4-19-9-11-20(12-10-19)13-17(21)18-16-7-5-15(6-8-16)14(2)3;/h5-8,14H,4,9-13H2,1-3H3,(H,18,21);1H. The zero-order valence-electron chi connectivity index (χ0n) is 13.8. The van der Waals surface area contributed by atoms with Crippen molar-refractivity contribution in [1.82, 2.24) is 9.80 Å². The highest BCUT2D eigenvalue weighted by Gasteiger charge is 2.17. The molecule has 0 saturated carbocycles. The SMILES string of the molecule is CCN1CCN(CC(=O)Nc2ccc(C(C)C)cc2)CC1.Cl. The third-order valence-electron chi connectivity index (χ3n) is 4.14. The first-order valence-corrected chi connectivity index (χ1v) is 7.93. The van der Waals surface area contributed by atoms with Crippen molar-refractivity contribution in [1.29, 1.82) is 0 Å². The first-order chi connectivity index (χ1) is 10.1. The third-order valence-corrected chi connectivity index (χ3v) is 4.14. The van der Waals surface area contributed by atoms with Gasteiger partial charge in [-0.1, -0.05) is 32.9 Å². The van der Waals surface area contributed by atoms with Crippen LogP contribution >= 0.6 is 12.4 Å². The minimum Gasteiger partial charge on any atom is -0.325 e. The second-order valence-corrected chi connectivity index (χ2v) is 6.04. The molecule has 1 N–H and O–H groups in total. The average Bonchev–Trinajstić information content (AvgIpc) is 2.48. The molecule has 0 aliphatic carbocycles. The number of carbonyl (C=O) groups is 1. The molecular weight excluding hydrogens is 298 g/mol. The van der Waals surface area contributed by atoms with Gasteiger partial charge >= 0.3 is 0 Å². The first-order valence-electron chi connectivity index (χ1n) is 7.93. The molecule has 1 aliphatic heterocycles. The number of halogens is 1. The molecule has 0 spiro atoms. The Hall–Kier alpha value is -1.10. The fourth-order valence-corrected chi connectivity index (χ4v) is 2.62. The predicted molar refractivity (Wildman–Crippen MR) is 95.0 cm³/mol. The van der Waals surface area contributed by atoms with E-state index in [2.05, 4.69) is 48.0 Å². The van der Waals surface area contributed by atoms with Gasteiger partial charge in [0.1, 0.15) is 0 Å². The Labute approximate surface area is 140 Å². The van der Waals surface area contributed by atoms with Gasteiger partial charge in [0.15, 0.2) is 0 Å². The van der Waals surface area contributed by atoms with Crippen LogP contribution in [0, 0.1) is 0 Å². The number of benzene rings is 1. The van der Waals surface area contributed by atoms with E-state index in [4.69, 9.17) is 0 Å². The van der Waals surface area contributed by atoms with Crippen LogP contribution in [0.4, 0.5) is 5.69 Å². The molecule has 5 heteroatoms. The van der Waals surface area contributed by atoms with E-state index in [1.54, 1.807) is 0 Å². The number of piperazine rings is 1. The molecule has 0 atom stereocenters. The van der Waals surface area contributed by atoms with Gasteiger partial charge in [0.2, 0.25) is 5.91 Å². The van der Waals surface area contributed by atoms with Crippen molar-refractivity contribution in [2.24, 2.45) is 0 Å². The van der Waals surface area contributed by atoms with Crippen molar-refractivity contribution in [3.8, 4) is 0 Å². The third kappa shape index (κ3) is 5.59. The van der Waals surface area contributed by atoms with Gasteiger partial charge in [-0.05, 0) is 30.2 Å². The molecular formula is C17H28ClN3O. The van der Waals surface area contributed by atoms with E-state index < -0.39 is 0 Å². The molecule has 1 amide bonds. The van der Waals surface area contributed by atoms with Crippen LogP contribution in [0.2, 0.25) is 0 Å². The molecule has 1 aromatic carbocycles. The smallest absolute Gasteiger partial charge is 0.238 e. The first kappa shape index (κ1) is 18.9. The lowest BCUT2D eigenvalue weighted by Crippen LogP contribution is -2.48. The van der Waals surface area contributed by atoms with E-state index in [1.807, 2.05) is 12.1 Å². The van der Waals surface area contributed by atoms with E-state index in [1.165, 1.54) is 5.56 Å². The molecule has 22 heavy (non-hydrogen) atoms. The fourth-order valence-electron chi connectivity index (χ4n) is 2.62. The highest BCUT2D eigenvalue weighted by molar-refractivity contribution is 5.92. The summed E-state index contributed by atoms with van der Waals surface area (Å²) in [5, 5.41) is 2.99. The Kier molecular flexibility index (Phi) is 7.87. The molecule has 0 bridgehead atoms. The predicted octanol–water partition coefficient (Wildman–Crippen LogP) is 2.81. The van der Waals surface area contributed by atoms with Crippen LogP contribution in [0.15, 0.2) is 24.3 Å². The molecule has 1 aliphatic rings. The topological polar surface area (TPSA) is 35.6 Å². The van der Waals surface area contributed by atoms with E-state index in [0.29, 0.717) is 12.5 Å². The Balaban J connectivity index is 0.00000242. The number of anilines is 1. The Morgan fingerprint density at radius 1 is 1.09 bits per heavy atom. The molecule has 2 rings (SSSR count). The molecule has 1 heterocycles. The number of hydrogen-bond acceptors (Lipinski definition) is 3. The van der Waals surface area contributed by atoms with Crippen molar-refractivity contribution < 1.29 is 4.79 Å². The van der Waals surface area contributed by atoms with Crippen molar-refractivity contribution in [2.75, 3.05) is 44.6 Å². The van der Waals surface area contributed by atoms with Crippen molar-refractivity contribution >= 4 is 24.0 Å². The van der Waals surface area contributed by atoms with Crippen LogP contribution in [0.25, 0.3) is 0 Å². The van der Waals surface area contributed by atoms with Gasteiger partial charge in [-0.2, -0.15) is 0 Å². The summed E-state index contributed by atoms with van der Waals surface area (Å²) < 4.78 is 0. The summed E-state index contributed by atoms with van der Waals surface area (Å²) in [4.78, 5) is 16.7. The highest BCUT2D eigenvalue weighted by Crippen LogP contribution is 2.17. The number of nitrogens with one attached hydrogen (secondary N) is 1. The fraction of sp³-hybridized carbons (Fsp3) is 0.588. The van der Waals surface area contributed by atoms with E-state index in [9.17, 15) is 4.79 Å². The second kappa shape index (κ2) is 9.13. The zero-order valence-corrected chi connectivity index (χ0v) is 14.7. The maximum absolute atomic E-state index is 12.1. The number of likely N-dealkylation sites (N-methyl/N-ethyl adjacent to an activating group) is 1. The summed E-state index contributed by atoms with van der Waals surface area (Å²) in [5.74, 6) is 0.599. The van der Waals surface area contributed by atoms with Gasteiger partial charge in [-0.25, -0.2) is 0 Å². The summed E-state index contributed by atoms with van der Waals surface area (Å²) in [6, 6.07) is 8.14. The summed E-state index contributed by atoms with van der Waals surface area (Å²) in [6.45, 7) is 12.2. The molecule has 0 aromatic heterocycles. The van der Waals surface area contributed by atoms with Crippen LogP contribution in [0.3, 0.4) is 0 Å². The number of nitrogens with zero attached hydrogens (tertiary/aromatic N) is 2. The van der Waals surface area contributed by atoms with Crippen molar-refractivity contribution in [3.63, 3.8) is 0 Å². The van der Waals surface area contributed by atoms with Gasteiger partial charge in [0.25, 0.3) is 0 Å². The number of amides is 1. The molecule has 4 nitrogen and oxygen atoms in total. The van der Waals surface area contributed by atoms with Gasteiger partial charge in [-0.15, -0.1) is 12.4 Å². The van der Waals surface area contributed by atoms with Crippen LogP contribution in [0.1, 0.15) is 32.3 Å². The maximum atomic E-state index is 12.1. The highest BCUT2D eigenvalue weighted by atomic mass is 35.5. The molecule has 0 radical (unpaired) electrons. The monoisotopic (exact) mass is 325 g/mol. The molecule has 0 unspecified atom stereocenters. The van der Waals surface area contributed by atoms with Gasteiger partial charge in [0.05, 0.1) is 6.54 Å². The minimum absolute atomic E-state index is 0. The van der Waals surface area contributed by atoms with E-state index in [-0.39, 0.29) is 18.3 Å². The summed E-state index contributed by atoms with van der Waals surface area (Å²) in [5.41, 5.74) is 2.18.